The maximum atomic E-state index is 12.9. The van der Waals surface area contributed by atoms with E-state index < -0.39 is 0 Å². The minimum absolute atomic E-state index is 0.0711. The van der Waals surface area contributed by atoms with Gasteiger partial charge in [0.25, 0.3) is 0 Å². The summed E-state index contributed by atoms with van der Waals surface area (Å²) in [5.41, 5.74) is 1.77. The predicted molar refractivity (Wildman–Crippen MR) is 87.9 cm³/mol. The average Bonchev–Trinajstić information content (AvgIpc) is 3.22. The number of aromatic nitrogens is 1. The summed E-state index contributed by atoms with van der Waals surface area (Å²) in [6.45, 7) is 5.18. The van der Waals surface area contributed by atoms with E-state index in [-0.39, 0.29) is 17.9 Å². The van der Waals surface area contributed by atoms with Crippen LogP contribution in [0.4, 0.5) is 9.18 Å². The molecule has 1 saturated heterocycles. The first-order chi connectivity index (χ1) is 11.5. The van der Waals surface area contributed by atoms with Crippen LogP contribution in [-0.4, -0.2) is 22.6 Å². The summed E-state index contributed by atoms with van der Waals surface area (Å²) < 4.78 is 18.4. The smallest absolute Gasteiger partial charge is 0.318 e. The number of amides is 2. The normalized spacial score (nSPS) is 17.5. The number of carbonyl (C=O) groups excluding carboxylic acids is 1. The molecule has 1 aromatic heterocycles. The second kappa shape index (κ2) is 7.03. The zero-order valence-electron chi connectivity index (χ0n) is 14.0. The van der Waals surface area contributed by atoms with Crippen molar-refractivity contribution in [1.29, 1.82) is 0 Å². The summed E-state index contributed by atoms with van der Waals surface area (Å²) in [5.74, 6) is 0.758. The molecule has 0 bridgehead atoms. The number of rotatable bonds is 4. The number of urea groups is 1. The maximum absolute atomic E-state index is 12.9. The number of likely N-dealkylation sites (tertiary alicyclic amines) is 1. The quantitative estimate of drug-likeness (QED) is 0.922. The van der Waals surface area contributed by atoms with Crippen LogP contribution in [0.15, 0.2) is 34.9 Å². The van der Waals surface area contributed by atoms with Crippen molar-refractivity contribution in [3.63, 3.8) is 0 Å². The van der Waals surface area contributed by atoms with Crippen molar-refractivity contribution in [2.75, 3.05) is 6.54 Å². The SMILES string of the molecule is CC(C)c1cc(C2CCCN2C(=O)NCc2ccc(F)cc2)on1. The number of nitrogens with one attached hydrogen (secondary N) is 1. The van der Waals surface area contributed by atoms with Gasteiger partial charge in [0.1, 0.15) is 5.82 Å². The van der Waals surface area contributed by atoms with Gasteiger partial charge in [0.05, 0.1) is 11.7 Å². The Balaban J connectivity index is 1.63. The lowest BCUT2D eigenvalue weighted by atomic mass is 10.1. The predicted octanol–water partition coefficient (Wildman–Crippen LogP) is 3.98. The van der Waals surface area contributed by atoms with Gasteiger partial charge < -0.3 is 14.7 Å². The standard InChI is InChI=1S/C18H22FN3O2/c1-12(2)15-10-17(24-21-15)16-4-3-9-22(16)18(23)20-11-13-5-7-14(19)8-6-13/h5-8,10,12,16H,3-4,9,11H2,1-2H3,(H,20,23). The molecule has 0 saturated carbocycles. The highest BCUT2D eigenvalue weighted by Gasteiger charge is 2.32. The molecule has 1 fully saturated rings. The topological polar surface area (TPSA) is 58.4 Å². The molecule has 1 N–H and O–H groups in total. The molecule has 1 aromatic carbocycles. The number of hydrogen-bond donors (Lipinski definition) is 1. The van der Waals surface area contributed by atoms with Crippen LogP contribution in [0.3, 0.4) is 0 Å². The van der Waals surface area contributed by atoms with Crippen LogP contribution in [0, 0.1) is 5.82 Å². The van der Waals surface area contributed by atoms with Gasteiger partial charge >= 0.3 is 6.03 Å². The molecule has 3 rings (SSSR count). The molecule has 2 aromatic rings. The molecule has 2 amide bonds. The highest BCUT2D eigenvalue weighted by atomic mass is 19.1. The Hall–Kier alpha value is -2.37. The third kappa shape index (κ3) is 3.58. The fourth-order valence-corrected chi connectivity index (χ4v) is 2.92. The van der Waals surface area contributed by atoms with Crippen LogP contribution in [0.1, 0.15) is 55.7 Å². The Morgan fingerprint density at radius 3 is 2.83 bits per heavy atom. The number of carbonyl (C=O) groups is 1. The minimum atomic E-state index is -0.282. The third-order valence-corrected chi connectivity index (χ3v) is 4.34. The number of benzene rings is 1. The van der Waals surface area contributed by atoms with E-state index in [1.165, 1.54) is 12.1 Å². The van der Waals surface area contributed by atoms with Gasteiger partial charge in [0, 0.05) is 19.2 Å². The summed E-state index contributed by atoms with van der Waals surface area (Å²) >= 11 is 0. The van der Waals surface area contributed by atoms with Crippen molar-refractivity contribution in [3.8, 4) is 0 Å². The number of nitrogens with zero attached hydrogens (tertiary/aromatic N) is 2. The maximum Gasteiger partial charge on any atom is 0.318 e. The largest absolute Gasteiger partial charge is 0.359 e. The summed E-state index contributed by atoms with van der Waals surface area (Å²) in [5, 5.41) is 6.98. The third-order valence-electron chi connectivity index (χ3n) is 4.34. The van der Waals surface area contributed by atoms with E-state index >= 15 is 0 Å². The molecule has 24 heavy (non-hydrogen) atoms. The van der Waals surface area contributed by atoms with E-state index in [1.807, 2.05) is 6.07 Å². The van der Waals surface area contributed by atoms with Crippen LogP contribution < -0.4 is 5.32 Å². The van der Waals surface area contributed by atoms with Crippen molar-refractivity contribution >= 4 is 6.03 Å². The molecule has 1 atom stereocenters. The van der Waals surface area contributed by atoms with Crippen molar-refractivity contribution in [1.82, 2.24) is 15.4 Å². The first-order valence-electron chi connectivity index (χ1n) is 8.30. The van der Waals surface area contributed by atoms with E-state index in [4.69, 9.17) is 4.52 Å². The first kappa shape index (κ1) is 16.5. The molecule has 1 unspecified atom stereocenters. The molecule has 128 valence electrons. The molecule has 0 radical (unpaired) electrons. The second-order valence-corrected chi connectivity index (χ2v) is 6.45. The van der Waals surface area contributed by atoms with Crippen LogP contribution in [0.2, 0.25) is 0 Å². The number of halogens is 1. The van der Waals surface area contributed by atoms with E-state index in [9.17, 15) is 9.18 Å². The van der Waals surface area contributed by atoms with Gasteiger partial charge in [0.2, 0.25) is 0 Å². The lowest BCUT2D eigenvalue weighted by Crippen LogP contribution is -2.39. The molecule has 1 aliphatic heterocycles. The Morgan fingerprint density at radius 1 is 1.42 bits per heavy atom. The Bertz CT molecular complexity index is 697. The highest BCUT2D eigenvalue weighted by molar-refractivity contribution is 5.75. The lowest BCUT2D eigenvalue weighted by Gasteiger charge is -2.23. The summed E-state index contributed by atoms with van der Waals surface area (Å²) in [4.78, 5) is 14.3. The average molecular weight is 331 g/mol. The fourth-order valence-electron chi connectivity index (χ4n) is 2.92. The van der Waals surface area contributed by atoms with Gasteiger partial charge in [0.15, 0.2) is 5.76 Å². The summed E-state index contributed by atoms with van der Waals surface area (Å²) in [7, 11) is 0. The van der Waals surface area contributed by atoms with E-state index in [1.54, 1.807) is 17.0 Å². The molecule has 5 nitrogen and oxygen atoms in total. The Morgan fingerprint density at radius 2 is 2.17 bits per heavy atom. The minimum Gasteiger partial charge on any atom is -0.359 e. The van der Waals surface area contributed by atoms with Crippen LogP contribution in [-0.2, 0) is 6.54 Å². The van der Waals surface area contributed by atoms with Gasteiger partial charge in [-0.25, -0.2) is 9.18 Å². The first-order valence-corrected chi connectivity index (χ1v) is 8.30. The Kier molecular flexibility index (Phi) is 4.83. The van der Waals surface area contributed by atoms with Crippen LogP contribution >= 0.6 is 0 Å². The molecular formula is C18H22FN3O2. The van der Waals surface area contributed by atoms with Gasteiger partial charge in [-0.2, -0.15) is 0 Å². The van der Waals surface area contributed by atoms with Gasteiger partial charge in [-0.1, -0.05) is 31.1 Å². The second-order valence-electron chi connectivity index (χ2n) is 6.45. The molecule has 6 heteroatoms. The van der Waals surface area contributed by atoms with Gasteiger partial charge in [-0.3, -0.25) is 0 Å². The van der Waals surface area contributed by atoms with Crippen LogP contribution in [0.25, 0.3) is 0 Å². The van der Waals surface area contributed by atoms with Crippen molar-refractivity contribution in [2.45, 2.75) is 45.2 Å². The summed E-state index contributed by atoms with van der Waals surface area (Å²) in [6.07, 6.45) is 1.81. The summed E-state index contributed by atoms with van der Waals surface area (Å²) in [6, 6.07) is 7.86. The highest BCUT2D eigenvalue weighted by Crippen LogP contribution is 2.33. The fraction of sp³-hybridized carbons (Fsp3) is 0.444. The van der Waals surface area contributed by atoms with E-state index in [2.05, 4.69) is 24.3 Å². The molecule has 0 aliphatic carbocycles. The van der Waals surface area contributed by atoms with E-state index in [0.29, 0.717) is 19.0 Å². The van der Waals surface area contributed by atoms with Crippen LogP contribution in [0.5, 0.6) is 0 Å². The Labute approximate surface area is 140 Å². The zero-order valence-corrected chi connectivity index (χ0v) is 14.0. The monoisotopic (exact) mass is 331 g/mol. The van der Waals surface area contributed by atoms with Gasteiger partial charge in [-0.15, -0.1) is 0 Å². The van der Waals surface area contributed by atoms with E-state index in [0.717, 1.165) is 29.9 Å². The molecule has 2 heterocycles. The van der Waals surface area contributed by atoms with Crippen molar-refractivity contribution < 1.29 is 13.7 Å². The molecule has 0 spiro atoms. The van der Waals surface area contributed by atoms with Gasteiger partial charge in [-0.05, 0) is 36.5 Å². The van der Waals surface area contributed by atoms with Crippen molar-refractivity contribution in [3.05, 3.63) is 53.2 Å². The molecular weight excluding hydrogens is 309 g/mol. The zero-order chi connectivity index (χ0) is 17.1. The van der Waals surface area contributed by atoms with Crippen molar-refractivity contribution in [2.24, 2.45) is 0 Å². The lowest BCUT2D eigenvalue weighted by molar-refractivity contribution is 0.182. The molecule has 1 aliphatic rings. The number of hydrogen-bond acceptors (Lipinski definition) is 3.